The lowest BCUT2D eigenvalue weighted by atomic mass is 10.2. The maximum Gasteiger partial charge on any atom is 0.268 e. The first kappa shape index (κ1) is 16.3. The number of hydrogen-bond acceptors (Lipinski definition) is 4. The van der Waals surface area contributed by atoms with E-state index < -0.39 is 0 Å². The lowest BCUT2D eigenvalue weighted by Crippen LogP contribution is -2.26. The highest BCUT2D eigenvalue weighted by Crippen LogP contribution is 2.32. The van der Waals surface area contributed by atoms with E-state index in [1.165, 1.54) is 22.4 Å². The molecule has 2 N–H and O–H groups in total. The number of carbonyl (C=O) groups excluding carboxylic acids is 1. The van der Waals surface area contributed by atoms with Crippen LogP contribution < -0.4 is 5.32 Å². The van der Waals surface area contributed by atoms with E-state index in [-0.39, 0.29) is 5.91 Å². The molecule has 4 rings (SSSR count). The standard InChI is InChI=1S/C19H22N4OS/c1-13-9-16-18(25-13)15(12-23-7-2-3-8-23)17(22-16)19(24)21-11-14-5-4-6-20-10-14/h4-6,9-10,22H,2-3,7-8,11-12H2,1H3,(H,21,24). The largest absolute Gasteiger partial charge is 0.350 e. The second kappa shape index (κ2) is 6.98. The average molecular weight is 354 g/mol. The van der Waals surface area contributed by atoms with Crippen molar-refractivity contribution in [3.63, 3.8) is 0 Å². The summed E-state index contributed by atoms with van der Waals surface area (Å²) in [6, 6.07) is 5.98. The zero-order chi connectivity index (χ0) is 17.2. The summed E-state index contributed by atoms with van der Waals surface area (Å²) < 4.78 is 1.22. The summed E-state index contributed by atoms with van der Waals surface area (Å²) >= 11 is 1.77. The van der Waals surface area contributed by atoms with Gasteiger partial charge in [-0.05, 0) is 50.6 Å². The smallest absolute Gasteiger partial charge is 0.268 e. The second-order valence-electron chi connectivity index (χ2n) is 6.61. The lowest BCUT2D eigenvalue weighted by molar-refractivity contribution is 0.0945. The number of fused-ring (bicyclic) bond motifs is 1. The third kappa shape index (κ3) is 3.45. The van der Waals surface area contributed by atoms with Gasteiger partial charge in [0.05, 0.1) is 10.2 Å². The first-order valence-corrected chi connectivity index (χ1v) is 9.53. The maximum atomic E-state index is 12.8. The molecule has 3 aromatic rings. The van der Waals surface area contributed by atoms with Gasteiger partial charge in [0.2, 0.25) is 0 Å². The molecule has 1 aliphatic rings. The highest BCUT2D eigenvalue weighted by atomic mass is 32.1. The van der Waals surface area contributed by atoms with Crippen LogP contribution in [0.1, 0.15) is 39.3 Å². The fourth-order valence-electron chi connectivity index (χ4n) is 3.44. The fourth-order valence-corrected chi connectivity index (χ4v) is 4.45. The van der Waals surface area contributed by atoms with Gasteiger partial charge in [0, 0.05) is 35.9 Å². The number of aromatic amines is 1. The Morgan fingerprint density at radius 2 is 2.24 bits per heavy atom. The van der Waals surface area contributed by atoms with Gasteiger partial charge in [0.1, 0.15) is 5.69 Å². The first-order chi connectivity index (χ1) is 12.2. The Morgan fingerprint density at radius 3 is 3.00 bits per heavy atom. The van der Waals surface area contributed by atoms with E-state index in [4.69, 9.17) is 0 Å². The van der Waals surface area contributed by atoms with Crippen LogP contribution in [-0.2, 0) is 13.1 Å². The van der Waals surface area contributed by atoms with E-state index in [2.05, 4.69) is 33.2 Å². The molecular weight excluding hydrogens is 332 g/mol. The number of likely N-dealkylation sites (tertiary alicyclic amines) is 1. The highest BCUT2D eigenvalue weighted by molar-refractivity contribution is 7.19. The second-order valence-corrected chi connectivity index (χ2v) is 7.86. The van der Waals surface area contributed by atoms with Gasteiger partial charge in [-0.15, -0.1) is 11.3 Å². The number of H-pyrrole nitrogens is 1. The molecule has 1 aliphatic heterocycles. The van der Waals surface area contributed by atoms with Crippen LogP contribution in [0.3, 0.4) is 0 Å². The van der Waals surface area contributed by atoms with Crippen LogP contribution in [0.25, 0.3) is 10.2 Å². The summed E-state index contributed by atoms with van der Waals surface area (Å²) in [5, 5.41) is 3.02. The topological polar surface area (TPSA) is 61.0 Å². The van der Waals surface area contributed by atoms with Crippen LogP contribution >= 0.6 is 11.3 Å². The van der Waals surface area contributed by atoms with Crippen LogP contribution in [0.2, 0.25) is 0 Å². The van der Waals surface area contributed by atoms with Crippen molar-refractivity contribution in [1.82, 2.24) is 20.2 Å². The quantitative estimate of drug-likeness (QED) is 0.738. The third-order valence-corrected chi connectivity index (χ3v) is 5.78. The van der Waals surface area contributed by atoms with Crippen LogP contribution in [0, 0.1) is 6.92 Å². The third-order valence-electron chi connectivity index (χ3n) is 4.67. The Labute approximate surface area is 151 Å². The summed E-state index contributed by atoms with van der Waals surface area (Å²) in [6.45, 7) is 5.68. The van der Waals surface area contributed by atoms with Crippen molar-refractivity contribution in [3.8, 4) is 0 Å². The molecule has 1 fully saturated rings. The van der Waals surface area contributed by atoms with Crippen LogP contribution in [0.15, 0.2) is 30.6 Å². The minimum atomic E-state index is -0.0425. The number of aryl methyl sites for hydroxylation is 1. The van der Waals surface area contributed by atoms with Gasteiger partial charge in [-0.25, -0.2) is 0 Å². The molecule has 0 aliphatic carbocycles. The summed E-state index contributed by atoms with van der Waals surface area (Å²) in [4.78, 5) is 23.9. The summed E-state index contributed by atoms with van der Waals surface area (Å²) in [5.74, 6) is -0.0425. The first-order valence-electron chi connectivity index (χ1n) is 8.71. The summed E-state index contributed by atoms with van der Waals surface area (Å²) in [7, 11) is 0. The van der Waals surface area contributed by atoms with Gasteiger partial charge in [-0.3, -0.25) is 14.7 Å². The Balaban J connectivity index is 1.58. The molecule has 3 aromatic heterocycles. The highest BCUT2D eigenvalue weighted by Gasteiger charge is 2.22. The Bertz CT molecular complexity index is 878. The van der Waals surface area contributed by atoms with Crippen molar-refractivity contribution in [2.75, 3.05) is 13.1 Å². The molecule has 25 heavy (non-hydrogen) atoms. The van der Waals surface area contributed by atoms with Crippen molar-refractivity contribution < 1.29 is 4.79 Å². The van der Waals surface area contributed by atoms with E-state index in [9.17, 15) is 4.79 Å². The predicted octanol–water partition coefficient (Wildman–Crippen LogP) is 3.46. The molecular formula is C19H22N4OS. The molecule has 5 nitrogen and oxygen atoms in total. The summed E-state index contributed by atoms with van der Waals surface area (Å²) in [6.07, 6.45) is 6.02. The molecule has 0 spiro atoms. The van der Waals surface area contributed by atoms with Crippen molar-refractivity contribution in [1.29, 1.82) is 0 Å². The number of aromatic nitrogens is 2. The molecule has 1 amide bonds. The normalized spacial score (nSPS) is 15.1. The number of hydrogen-bond donors (Lipinski definition) is 2. The molecule has 0 bridgehead atoms. The van der Waals surface area contributed by atoms with Gasteiger partial charge in [-0.2, -0.15) is 0 Å². The Kier molecular flexibility index (Phi) is 4.55. The van der Waals surface area contributed by atoms with Gasteiger partial charge in [-0.1, -0.05) is 6.07 Å². The van der Waals surface area contributed by atoms with Gasteiger partial charge in [0.25, 0.3) is 5.91 Å². The number of pyridine rings is 1. The van der Waals surface area contributed by atoms with E-state index in [1.807, 2.05) is 12.1 Å². The Hall–Kier alpha value is -2.18. The lowest BCUT2D eigenvalue weighted by Gasteiger charge is -2.15. The zero-order valence-corrected chi connectivity index (χ0v) is 15.2. The number of carbonyl (C=O) groups is 1. The molecule has 0 atom stereocenters. The van der Waals surface area contributed by atoms with Crippen molar-refractivity contribution >= 4 is 27.5 Å². The number of thiophene rings is 1. The fraction of sp³-hybridized carbons (Fsp3) is 0.368. The Morgan fingerprint density at radius 1 is 1.40 bits per heavy atom. The maximum absolute atomic E-state index is 12.8. The van der Waals surface area contributed by atoms with Crippen LogP contribution in [0.5, 0.6) is 0 Å². The molecule has 1 saturated heterocycles. The number of nitrogens with zero attached hydrogens (tertiary/aromatic N) is 2. The van der Waals surface area contributed by atoms with Crippen LogP contribution in [0.4, 0.5) is 0 Å². The SMILES string of the molecule is Cc1cc2[nH]c(C(=O)NCc3cccnc3)c(CN3CCCC3)c2s1. The molecule has 6 heteroatoms. The average Bonchev–Trinajstić information content (AvgIpc) is 3.32. The van der Waals surface area contributed by atoms with E-state index in [0.29, 0.717) is 12.2 Å². The number of rotatable bonds is 5. The van der Waals surface area contributed by atoms with Crippen molar-refractivity contribution in [3.05, 3.63) is 52.3 Å². The molecule has 0 radical (unpaired) electrons. The van der Waals surface area contributed by atoms with Crippen molar-refractivity contribution in [2.24, 2.45) is 0 Å². The van der Waals surface area contributed by atoms with Gasteiger partial charge < -0.3 is 10.3 Å². The molecule has 0 unspecified atom stereocenters. The number of amides is 1. The van der Waals surface area contributed by atoms with E-state index >= 15 is 0 Å². The molecule has 130 valence electrons. The molecule has 0 saturated carbocycles. The zero-order valence-electron chi connectivity index (χ0n) is 14.3. The predicted molar refractivity (Wildman–Crippen MR) is 101 cm³/mol. The minimum absolute atomic E-state index is 0.0425. The number of nitrogens with one attached hydrogen (secondary N) is 2. The molecule has 4 heterocycles. The van der Waals surface area contributed by atoms with Gasteiger partial charge >= 0.3 is 0 Å². The minimum Gasteiger partial charge on any atom is -0.350 e. The molecule has 0 aromatic carbocycles. The van der Waals surface area contributed by atoms with Crippen molar-refractivity contribution in [2.45, 2.75) is 32.9 Å². The van der Waals surface area contributed by atoms with Gasteiger partial charge in [0.15, 0.2) is 0 Å². The van der Waals surface area contributed by atoms with E-state index in [1.54, 1.807) is 23.7 Å². The summed E-state index contributed by atoms with van der Waals surface area (Å²) in [5.41, 5.74) is 3.92. The van der Waals surface area contributed by atoms with E-state index in [0.717, 1.165) is 36.3 Å². The van der Waals surface area contributed by atoms with Crippen LogP contribution in [-0.4, -0.2) is 33.9 Å². The monoisotopic (exact) mass is 354 g/mol.